The molecule has 2 rings (SSSR count). The maximum absolute atomic E-state index is 8.91. The van der Waals surface area contributed by atoms with Crippen molar-refractivity contribution < 1.29 is 4.74 Å². The third-order valence-electron chi connectivity index (χ3n) is 2.59. The van der Waals surface area contributed by atoms with E-state index in [1.54, 1.807) is 25.6 Å². The zero-order valence-corrected chi connectivity index (χ0v) is 10.7. The molecule has 0 radical (unpaired) electrons. The lowest BCUT2D eigenvalue weighted by Gasteiger charge is -2.09. The van der Waals surface area contributed by atoms with E-state index in [9.17, 15) is 0 Å². The van der Waals surface area contributed by atoms with Gasteiger partial charge in [0, 0.05) is 11.8 Å². The molecule has 0 bridgehead atoms. The topological polar surface area (TPSA) is 50.8 Å². The van der Waals surface area contributed by atoms with Crippen molar-refractivity contribution in [2.24, 2.45) is 0 Å². The predicted molar refractivity (Wildman–Crippen MR) is 68.6 cm³/mol. The van der Waals surface area contributed by atoms with Gasteiger partial charge in [-0.05, 0) is 18.2 Å². The normalized spacial score (nSPS) is 10.1. The van der Waals surface area contributed by atoms with Crippen LogP contribution in [0.25, 0.3) is 0 Å². The number of halogens is 1. The van der Waals surface area contributed by atoms with E-state index >= 15 is 0 Å². The molecule has 2 aromatic rings. The molecule has 1 aromatic heterocycles. The summed E-state index contributed by atoms with van der Waals surface area (Å²) in [6.07, 6.45) is 3.60. The number of nitrogens with zero attached hydrogens (tertiary/aromatic N) is 3. The zero-order chi connectivity index (χ0) is 13.0. The lowest BCUT2D eigenvalue weighted by Crippen LogP contribution is -2.00. The highest BCUT2D eigenvalue weighted by atomic mass is 35.5. The summed E-state index contributed by atoms with van der Waals surface area (Å²) < 4.78 is 7.19. The van der Waals surface area contributed by atoms with Crippen LogP contribution in [-0.2, 0) is 12.4 Å². The number of benzene rings is 1. The van der Waals surface area contributed by atoms with Crippen molar-refractivity contribution in [3.05, 3.63) is 47.5 Å². The molecule has 0 atom stereocenters. The van der Waals surface area contributed by atoms with E-state index in [4.69, 9.17) is 21.6 Å². The molecule has 5 heteroatoms. The van der Waals surface area contributed by atoms with Gasteiger partial charge in [-0.15, -0.1) is 11.6 Å². The Bertz CT molecular complexity index is 586. The molecular weight excluding hydrogens is 250 g/mol. The minimum atomic E-state index is 0.391. The molecule has 0 unspecified atom stereocenters. The van der Waals surface area contributed by atoms with Gasteiger partial charge < -0.3 is 9.30 Å². The maximum atomic E-state index is 8.91. The van der Waals surface area contributed by atoms with Gasteiger partial charge in [0.1, 0.15) is 5.75 Å². The van der Waals surface area contributed by atoms with Gasteiger partial charge in [-0.3, -0.25) is 0 Å². The number of nitriles is 1. The number of methoxy groups -OCH3 is 1. The molecule has 0 aliphatic heterocycles. The van der Waals surface area contributed by atoms with Crippen LogP contribution in [-0.4, -0.2) is 16.7 Å². The van der Waals surface area contributed by atoms with Crippen molar-refractivity contribution in [1.82, 2.24) is 9.55 Å². The minimum Gasteiger partial charge on any atom is -0.496 e. The lowest BCUT2D eigenvalue weighted by molar-refractivity contribution is 0.408. The summed E-state index contributed by atoms with van der Waals surface area (Å²) in [5, 5.41) is 8.91. The Hall–Kier alpha value is -1.99. The monoisotopic (exact) mass is 261 g/mol. The molecule has 0 aliphatic carbocycles. The molecule has 0 saturated carbocycles. The standard InChI is InChI=1S/C13H12ClN3O/c1-18-13-3-2-10(6-15)4-11(13)7-17-8-12(5-14)16-9-17/h2-4,8-9H,5,7H2,1H3. The van der Waals surface area contributed by atoms with Gasteiger partial charge in [0.2, 0.25) is 0 Å². The lowest BCUT2D eigenvalue weighted by atomic mass is 10.1. The highest BCUT2D eigenvalue weighted by Crippen LogP contribution is 2.21. The molecule has 0 N–H and O–H groups in total. The SMILES string of the molecule is COc1ccc(C#N)cc1Cn1cnc(CCl)c1. The predicted octanol–water partition coefficient (Wildman–Crippen LogP) is 2.55. The van der Waals surface area contributed by atoms with Gasteiger partial charge in [0.15, 0.2) is 0 Å². The fourth-order valence-corrected chi connectivity index (χ4v) is 1.87. The smallest absolute Gasteiger partial charge is 0.123 e. The van der Waals surface area contributed by atoms with Crippen LogP contribution in [0.15, 0.2) is 30.7 Å². The maximum Gasteiger partial charge on any atom is 0.123 e. The van der Waals surface area contributed by atoms with E-state index in [-0.39, 0.29) is 0 Å². The fourth-order valence-electron chi connectivity index (χ4n) is 1.73. The Morgan fingerprint density at radius 1 is 1.50 bits per heavy atom. The van der Waals surface area contributed by atoms with Crippen LogP contribution < -0.4 is 4.74 Å². The largest absolute Gasteiger partial charge is 0.496 e. The Labute approximate surface area is 110 Å². The van der Waals surface area contributed by atoms with Gasteiger partial charge in [-0.2, -0.15) is 5.26 Å². The first-order valence-electron chi connectivity index (χ1n) is 5.40. The van der Waals surface area contributed by atoms with Gasteiger partial charge in [-0.1, -0.05) is 0 Å². The number of hydrogen-bond donors (Lipinski definition) is 0. The first-order chi connectivity index (χ1) is 8.76. The Balaban J connectivity index is 2.29. The molecule has 4 nitrogen and oxygen atoms in total. The van der Waals surface area contributed by atoms with E-state index in [1.165, 1.54) is 0 Å². The van der Waals surface area contributed by atoms with Crippen molar-refractivity contribution in [3.63, 3.8) is 0 Å². The van der Waals surface area contributed by atoms with Crippen LogP contribution in [0.1, 0.15) is 16.8 Å². The molecule has 1 heterocycles. The summed E-state index contributed by atoms with van der Waals surface area (Å²) >= 11 is 5.71. The van der Waals surface area contributed by atoms with Crippen LogP contribution in [0.5, 0.6) is 5.75 Å². The summed E-state index contributed by atoms with van der Waals surface area (Å²) in [4.78, 5) is 4.15. The van der Waals surface area contributed by atoms with E-state index in [0.717, 1.165) is 17.0 Å². The number of alkyl halides is 1. The van der Waals surface area contributed by atoms with Crippen LogP contribution in [0.3, 0.4) is 0 Å². The summed E-state index contributed by atoms with van der Waals surface area (Å²) in [5.74, 6) is 1.15. The molecule has 0 aliphatic rings. The van der Waals surface area contributed by atoms with Crippen LogP contribution in [0.2, 0.25) is 0 Å². The first kappa shape index (κ1) is 12.5. The summed E-state index contributed by atoms with van der Waals surface area (Å²) in [7, 11) is 1.61. The average Bonchev–Trinajstić information content (AvgIpc) is 2.86. The van der Waals surface area contributed by atoms with E-state index in [1.807, 2.05) is 16.8 Å². The van der Waals surface area contributed by atoms with Crippen molar-refractivity contribution >= 4 is 11.6 Å². The number of ether oxygens (including phenoxy) is 1. The Morgan fingerprint density at radius 2 is 2.33 bits per heavy atom. The zero-order valence-electron chi connectivity index (χ0n) is 9.93. The molecule has 0 fully saturated rings. The second-order valence-corrected chi connectivity index (χ2v) is 4.08. The number of aromatic nitrogens is 2. The quantitative estimate of drug-likeness (QED) is 0.795. The number of hydrogen-bond acceptors (Lipinski definition) is 3. The molecule has 0 saturated heterocycles. The van der Waals surface area contributed by atoms with E-state index in [0.29, 0.717) is 18.0 Å². The van der Waals surface area contributed by atoms with Gasteiger partial charge in [0.05, 0.1) is 43.2 Å². The van der Waals surface area contributed by atoms with Crippen molar-refractivity contribution in [2.75, 3.05) is 7.11 Å². The van der Waals surface area contributed by atoms with E-state index in [2.05, 4.69) is 11.1 Å². The number of rotatable bonds is 4. The minimum absolute atomic E-state index is 0.391. The number of imidazole rings is 1. The highest BCUT2D eigenvalue weighted by molar-refractivity contribution is 6.16. The van der Waals surface area contributed by atoms with Gasteiger partial charge in [0.25, 0.3) is 0 Å². The average molecular weight is 262 g/mol. The van der Waals surface area contributed by atoms with Gasteiger partial charge >= 0.3 is 0 Å². The van der Waals surface area contributed by atoms with Crippen molar-refractivity contribution in [3.8, 4) is 11.8 Å². The van der Waals surface area contributed by atoms with Crippen molar-refractivity contribution in [1.29, 1.82) is 5.26 Å². The fraction of sp³-hybridized carbons (Fsp3) is 0.231. The van der Waals surface area contributed by atoms with Crippen LogP contribution in [0.4, 0.5) is 0 Å². The second kappa shape index (κ2) is 5.56. The highest BCUT2D eigenvalue weighted by Gasteiger charge is 2.06. The first-order valence-corrected chi connectivity index (χ1v) is 5.94. The van der Waals surface area contributed by atoms with Crippen LogP contribution in [0, 0.1) is 11.3 Å². The molecule has 92 valence electrons. The van der Waals surface area contributed by atoms with Crippen molar-refractivity contribution in [2.45, 2.75) is 12.4 Å². The molecular formula is C13H12ClN3O. The third-order valence-corrected chi connectivity index (χ3v) is 2.86. The molecule has 1 aromatic carbocycles. The van der Waals surface area contributed by atoms with E-state index < -0.39 is 0 Å². The third kappa shape index (κ3) is 2.63. The summed E-state index contributed by atoms with van der Waals surface area (Å²) in [5.41, 5.74) is 2.38. The molecule has 0 amide bonds. The Kier molecular flexibility index (Phi) is 3.85. The summed E-state index contributed by atoms with van der Waals surface area (Å²) in [6.45, 7) is 0.600. The van der Waals surface area contributed by atoms with Gasteiger partial charge in [-0.25, -0.2) is 4.98 Å². The molecule has 0 spiro atoms. The molecule has 18 heavy (non-hydrogen) atoms. The second-order valence-electron chi connectivity index (χ2n) is 3.81. The Morgan fingerprint density at radius 3 is 2.94 bits per heavy atom. The van der Waals surface area contributed by atoms with Crippen LogP contribution >= 0.6 is 11.6 Å². The summed E-state index contributed by atoms with van der Waals surface area (Å²) in [6, 6.07) is 7.47.